The monoisotopic (exact) mass is 381 g/mol. The first-order chi connectivity index (χ1) is 13.2. The fourth-order valence-electron chi connectivity index (χ4n) is 2.98. The average molecular weight is 382 g/mol. The van der Waals surface area contributed by atoms with Crippen molar-refractivity contribution >= 4 is 34.9 Å². The first kappa shape index (κ1) is 17.5. The minimum atomic E-state index is 0.624. The van der Waals surface area contributed by atoms with E-state index in [1.54, 1.807) is 6.20 Å². The third-order valence-electron chi connectivity index (χ3n) is 4.53. The number of anilines is 4. The maximum absolute atomic E-state index is 6.19. The van der Waals surface area contributed by atoms with Gasteiger partial charge in [0.25, 0.3) is 0 Å². The number of hydrogen-bond donors (Lipinski definition) is 1. The Balaban J connectivity index is 1.43. The molecule has 1 aromatic carbocycles. The number of hydrogen-bond acceptors (Lipinski definition) is 7. The molecule has 2 aromatic heterocycles. The molecule has 0 aliphatic carbocycles. The second-order valence-electron chi connectivity index (χ2n) is 6.39. The molecule has 0 spiro atoms. The molecule has 0 saturated carbocycles. The SMILES string of the molecule is Cc1ccc(Nc2cnnc(N3CCN(c4ccccn4)CC3)n2)cc1Cl. The maximum atomic E-state index is 6.19. The van der Waals surface area contributed by atoms with E-state index in [9.17, 15) is 0 Å². The van der Waals surface area contributed by atoms with E-state index in [1.807, 2.05) is 49.5 Å². The van der Waals surface area contributed by atoms with Crippen LogP contribution >= 0.6 is 11.6 Å². The van der Waals surface area contributed by atoms with Crippen molar-refractivity contribution in [3.05, 3.63) is 59.4 Å². The fraction of sp³-hybridized carbons (Fsp3) is 0.263. The minimum absolute atomic E-state index is 0.624. The molecule has 1 saturated heterocycles. The summed E-state index contributed by atoms with van der Waals surface area (Å²) < 4.78 is 0. The normalized spacial score (nSPS) is 14.3. The van der Waals surface area contributed by atoms with Crippen LogP contribution < -0.4 is 15.1 Å². The van der Waals surface area contributed by atoms with Crippen LogP contribution in [0.3, 0.4) is 0 Å². The standard InChI is InChI=1S/C19H20ClN7/c1-14-5-6-15(12-16(14)20)23-17-13-22-25-19(24-17)27-10-8-26(9-11-27)18-4-2-3-7-21-18/h2-7,12-13H,8-11H2,1H3,(H,23,24,25). The van der Waals surface area contributed by atoms with Crippen LogP contribution in [-0.4, -0.2) is 46.3 Å². The van der Waals surface area contributed by atoms with Crippen molar-refractivity contribution in [3.63, 3.8) is 0 Å². The number of benzene rings is 1. The summed E-state index contributed by atoms with van der Waals surface area (Å²) in [5.74, 6) is 2.27. The summed E-state index contributed by atoms with van der Waals surface area (Å²) in [7, 11) is 0. The van der Waals surface area contributed by atoms with E-state index in [0.29, 0.717) is 16.8 Å². The molecule has 0 radical (unpaired) electrons. The summed E-state index contributed by atoms with van der Waals surface area (Å²) in [6.07, 6.45) is 3.43. The number of halogens is 1. The third-order valence-corrected chi connectivity index (χ3v) is 4.93. The van der Waals surface area contributed by atoms with Crippen LogP contribution in [0.1, 0.15) is 5.56 Å². The van der Waals surface area contributed by atoms with Gasteiger partial charge in [0.15, 0.2) is 5.82 Å². The lowest BCUT2D eigenvalue weighted by atomic mass is 10.2. The molecule has 8 heteroatoms. The Morgan fingerprint density at radius 3 is 2.59 bits per heavy atom. The van der Waals surface area contributed by atoms with E-state index in [0.717, 1.165) is 43.2 Å². The Morgan fingerprint density at radius 1 is 1.04 bits per heavy atom. The zero-order valence-corrected chi connectivity index (χ0v) is 15.8. The lowest BCUT2D eigenvalue weighted by Crippen LogP contribution is -2.47. The second kappa shape index (κ2) is 7.75. The van der Waals surface area contributed by atoms with Gasteiger partial charge < -0.3 is 15.1 Å². The average Bonchev–Trinajstić information content (AvgIpc) is 2.72. The predicted molar refractivity (Wildman–Crippen MR) is 108 cm³/mol. The Hall–Kier alpha value is -2.93. The zero-order chi connectivity index (χ0) is 18.6. The van der Waals surface area contributed by atoms with Crippen LogP contribution in [0.4, 0.5) is 23.3 Å². The van der Waals surface area contributed by atoms with Gasteiger partial charge in [0.1, 0.15) is 5.82 Å². The highest BCUT2D eigenvalue weighted by molar-refractivity contribution is 6.31. The molecule has 1 fully saturated rings. The molecule has 1 aliphatic heterocycles. The largest absolute Gasteiger partial charge is 0.353 e. The van der Waals surface area contributed by atoms with Crippen molar-refractivity contribution in [3.8, 4) is 0 Å². The van der Waals surface area contributed by atoms with Crippen LogP contribution in [0.15, 0.2) is 48.8 Å². The Morgan fingerprint density at radius 2 is 1.85 bits per heavy atom. The first-order valence-corrected chi connectivity index (χ1v) is 9.21. The van der Waals surface area contributed by atoms with Gasteiger partial charge in [-0.3, -0.25) is 0 Å². The number of aromatic nitrogens is 4. The molecular weight excluding hydrogens is 362 g/mol. The molecule has 0 amide bonds. The first-order valence-electron chi connectivity index (χ1n) is 8.83. The van der Waals surface area contributed by atoms with Gasteiger partial charge in [-0.1, -0.05) is 23.7 Å². The van der Waals surface area contributed by atoms with Gasteiger partial charge >= 0.3 is 0 Å². The van der Waals surface area contributed by atoms with E-state index in [2.05, 4.69) is 35.3 Å². The highest BCUT2D eigenvalue weighted by Crippen LogP contribution is 2.23. The van der Waals surface area contributed by atoms with Crippen LogP contribution in [0.5, 0.6) is 0 Å². The summed E-state index contributed by atoms with van der Waals surface area (Å²) in [6.45, 7) is 5.34. The third kappa shape index (κ3) is 4.09. The van der Waals surface area contributed by atoms with Gasteiger partial charge in [-0.15, -0.1) is 5.10 Å². The molecule has 1 N–H and O–H groups in total. The zero-order valence-electron chi connectivity index (χ0n) is 15.0. The van der Waals surface area contributed by atoms with Crippen LogP contribution in [0.2, 0.25) is 5.02 Å². The lowest BCUT2D eigenvalue weighted by Gasteiger charge is -2.35. The van der Waals surface area contributed by atoms with Crippen molar-refractivity contribution in [2.75, 3.05) is 41.3 Å². The second-order valence-corrected chi connectivity index (χ2v) is 6.80. The van der Waals surface area contributed by atoms with E-state index in [1.165, 1.54) is 0 Å². The van der Waals surface area contributed by atoms with Crippen molar-refractivity contribution in [2.24, 2.45) is 0 Å². The number of aryl methyl sites for hydroxylation is 1. The van der Waals surface area contributed by atoms with Gasteiger partial charge in [0, 0.05) is 43.1 Å². The molecule has 0 unspecified atom stereocenters. The molecular formula is C19H20ClN7. The molecule has 27 heavy (non-hydrogen) atoms. The number of pyridine rings is 1. The van der Waals surface area contributed by atoms with E-state index >= 15 is 0 Å². The Bertz CT molecular complexity index is 911. The van der Waals surface area contributed by atoms with Crippen LogP contribution in [0.25, 0.3) is 0 Å². The molecule has 0 bridgehead atoms. The predicted octanol–water partition coefficient (Wildman–Crippen LogP) is 3.30. The summed E-state index contributed by atoms with van der Waals surface area (Å²) in [5.41, 5.74) is 1.91. The van der Waals surface area contributed by atoms with Gasteiger partial charge in [-0.25, -0.2) is 4.98 Å². The summed E-state index contributed by atoms with van der Waals surface area (Å²) in [6, 6.07) is 11.8. The molecule has 7 nitrogen and oxygen atoms in total. The number of nitrogens with zero attached hydrogens (tertiary/aromatic N) is 6. The summed E-state index contributed by atoms with van der Waals surface area (Å²) >= 11 is 6.19. The van der Waals surface area contributed by atoms with E-state index < -0.39 is 0 Å². The smallest absolute Gasteiger partial charge is 0.247 e. The fourth-order valence-corrected chi connectivity index (χ4v) is 3.16. The van der Waals surface area contributed by atoms with Gasteiger partial charge in [0.05, 0.1) is 6.20 Å². The quantitative estimate of drug-likeness (QED) is 0.743. The van der Waals surface area contributed by atoms with Crippen molar-refractivity contribution < 1.29 is 0 Å². The molecule has 0 atom stereocenters. The summed E-state index contributed by atoms with van der Waals surface area (Å²) in [5, 5.41) is 12.3. The number of nitrogens with one attached hydrogen (secondary N) is 1. The lowest BCUT2D eigenvalue weighted by molar-refractivity contribution is 0.630. The minimum Gasteiger partial charge on any atom is -0.353 e. The highest BCUT2D eigenvalue weighted by atomic mass is 35.5. The highest BCUT2D eigenvalue weighted by Gasteiger charge is 2.20. The van der Waals surface area contributed by atoms with Crippen LogP contribution in [-0.2, 0) is 0 Å². The Labute approximate surface area is 163 Å². The van der Waals surface area contributed by atoms with Gasteiger partial charge in [-0.2, -0.15) is 10.1 Å². The van der Waals surface area contributed by atoms with Gasteiger partial charge in [-0.05, 0) is 36.8 Å². The van der Waals surface area contributed by atoms with Crippen molar-refractivity contribution in [1.82, 2.24) is 20.2 Å². The van der Waals surface area contributed by atoms with E-state index in [4.69, 9.17) is 11.6 Å². The van der Waals surface area contributed by atoms with Crippen LogP contribution in [0, 0.1) is 6.92 Å². The molecule has 138 valence electrons. The summed E-state index contributed by atoms with van der Waals surface area (Å²) in [4.78, 5) is 13.4. The van der Waals surface area contributed by atoms with Crippen molar-refractivity contribution in [2.45, 2.75) is 6.92 Å². The Kier molecular flexibility index (Phi) is 5.02. The molecule has 4 rings (SSSR count). The maximum Gasteiger partial charge on any atom is 0.247 e. The number of rotatable bonds is 4. The number of piperazine rings is 1. The van der Waals surface area contributed by atoms with Gasteiger partial charge in [0.2, 0.25) is 5.95 Å². The molecule has 1 aliphatic rings. The topological polar surface area (TPSA) is 70.1 Å². The van der Waals surface area contributed by atoms with Crippen molar-refractivity contribution in [1.29, 1.82) is 0 Å². The molecule has 3 aromatic rings. The molecule has 3 heterocycles. The van der Waals surface area contributed by atoms with E-state index in [-0.39, 0.29) is 0 Å².